The number of sulfone groups is 1. The Morgan fingerprint density at radius 2 is 2.20 bits per heavy atom. The molecule has 0 bridgehead atoms. The number of ether oxygens (including phenoxy) is 1. The van der Waals surface area contributed by atoms with Crippen LogP contribution in [0.1, 0.15) is 12.5 Å². The predicted molar refractivity (Wildman–Crippen MR) is 72.9 cm³/mol. The lowest BCUT2D eigenvalue weighted by atomic mass is 10.1. The Balaban J connectivity index is 1.96. The first-order chi connectivity index (χ1) is 9.41. The molecule has 0 radical (unpaired) electrons. The summed E-state index contributed by atoms with van der Waals surface area (Å²) in [6.45, 7) is 2.46. The number of rotatable bonds is 5. The summed E-state index contributed by atoms with van der Waals surface area (Å²) in [6.07, 6.45) is -0.910. The van der Waals surface area contributed by atoms with Gasteiger partial charge in [-0.05, 0) is 24.6 Å². The van der Waals surface area contributed by atoms with Crippen molar-refractivity contribution in [1.29, 1.82) is 0 Å². The van der Waals surface area contributed by atoms with Crippen LogP contribution in [-0.4, -0.2) is 43.8 Å². The summed E-state index contributed by atoms with van der Waals surface area (Å²) in [5.41, 5.74) is 0.669. The molecule has 2 N–H and O–H groups in total. The van der Waals surface area contributed by atoms with E-state index in [0.717, 1.165) is 0 Å². The third-order valence-corrected chi connectivity index (χ3v) is 4.90. The molecule has 1 aliphatic rings. The summed E-state index contributed by atoms with van der Waals surface area (Å²) < 4.78 is 41.5. The molecule has 7 heteroatoms. The van der Waals surface area contributed by atoms with Crippen molar-refractivity contribution in [2.24, 2.45) is 0 Å². The van der Waals surface area contributed by atoms with Crippen LogP contribution in [0.5, 0.6) is 5.75 Å². The fraction of sp³-hybridized carbons (Fsp3) is 0.538. The highest BCUT2D eigenvalue weighted by molar-refractivity contribution is 7.91. The van der Waals surface area contributed by atoms with Crippen LogP contribution in [0.4, 0.5) is 4.39 Å². The Morgan fingerprint density at radius 1 is 1.45 bits per heavy atom. The van der Waals surface area contributed by atoms with Gasteiger partial charge in [-0.15, -0.1) is 0 Å². The molecule has 2 rings (SSSR count). The fourth-order valence-electron chi connectivity index (χ4n) is 2.20. The minimum absolute atomic E-state index is 0.0896. The molecule has 1 heterocycles. The highest BCUT2D eigenvalue weighted by Gasteiger charge is 2.35. The van der Waals surface area contributed by atoms with Gasteiger partial charge in [0.2, 0.25) is 0 Å². The summed E-state index contributed by atoms with van der Waals surface area (Å²) in [4.78, 5) is 0. The maximum atomic E-state index is 13.6. The largest absolute Gasteiger partial charge is 0.491 e. The molecular formula is C13H18FNO4S. The third kappa shape index (κ3) is 3.68. The predicted octanol–water partition coefficient (Wildman–Crippen LogP) is 0.472. The fourth-order valence-corrected chi connectivity index (χ4v) is 3.98. The lowest BCUT2D eigenvalue weighted by Gasteiger charge is -2.15. The lowest BCUT2D eigenvalue weighted by molar-refractivity contribution is 0.165. The highest BCUT2D eigenvalue weighted by Crippen LogP contribution is 2.19. The molecule has 0 unspecified atom stereocenters. The van der Waals surface area contributed by atoms with Gasteiger partial charge in [-0.25, -0.2) is 12.8 Å². The molecular weight excluding hydrogens is 285 g/mol. The van der Waals surface area contributed by atoms with E-state index < -0.39 is 27.8 Å². The summed E-state index contributed by atoms with van der Waals surface area (Å²) in [5.74, 6) is -0.568. The molecule has 0 saturated carbocycles. The van der Waals surface area contributed by atoms with Gasteiger partial charge in [0.25, 0.3) is 0 Å². The monoisotopic (exact) mass is 303 g/mol. The van der Waals surface area contributed by atoms with Crippen molar-refractivity contribution in [2.45, 2.75) is 25.6 Å². The van der Waals surface area contributed by atoms with Crippen molar-refractivity contribution in [2.75, 3.05) is 18.1 Å². The van der Waals surface area contributed by atoms with Crippen LogP contribution < -0.4 is 10.1 Å². The van der Waals surface area contributed by atoms with Gasteiger partial charge in [0, 0.05) is 12.6 Å². The zero-order valence-electron chi connectivity index (χ0n) is 11.2. The molecule has 20 heavy (non-hydrogen) atoms. The van der Waals surface area contributed by atoms with Crippen LogP contribution in [0.2, 0.25) is 0 Å². The lowest BCUT2D eigenvalue weighted by Crippen LogP contribution is -2.38. The first-order valence-electron chi connectivity index (χ1n) is 6.44. The van der Waals surface area contributed by atoms with Gasteiger partial charge >= 0.3 is 0 Å². The van der Waals surface area contributed by atoms with Crippen LogP contribution in [-0.2, 0) is 16.4 Å². The molecule has 1 aliphatic heterocycles. The average molecular weight is 303 g/mol. The van der Waals surface area contributed by atoms with E-state index in [0.29, 0.717) is 18.7 Å². The Morgan fingerprint density at radius 3 is 2.75 bits per heavy atom. The van der Waals surface area contributed by atoms with Gasteiger partial charge in [0.15, 0.2) is 21.4 Å². The third-order valence-electron chi connectivity index (χ3n) is 3.19. The Kier molecular flexibility index (Phi) is 4.62. The van der Waals surface area contributed by atoms with E-state index >= 15 is 0 Å². The number of halogens is 1. The van der Waals surface area contributed by atoms with Crippen molar-refractivity contribution in [3.05, 3.63) is 29.6 Å². The van der Waals surface area contributed by atoms with Crippen LogP contribution in [0.3, 0.4) is 0 Å². The highest BCUT2D eigenvalue weighted by atomic mass is 32.2. The standard InChI is InChI=1S/C13H18FNO4S/c1-2-19-13-4-3-9(5-10(13)14)6-15-11-7-20(17,18)8-12(11)16/h3-5,11-12,15-16H,2,6-8H2,1H3/t11-,12-/m0/s1. The molecule has 112 valence electrons. The second kappa shape index (κ2) is 6.07. The minimum Gasteiger partial charge on any atom is -0.491 e. The molecule has 1 aromatic rings. The van der Waals surface area contributed by atoms with Crippen LogP contribution in [0.25, 0.3) is 0 Å². The number of benzene rings is 1. The number of aliphatic hydroxyl groups excluding tert-OH is 1. The number of aliphatic hydroxyl groups is 1. The Hall–Kier alpha value is -1.18. The molecule has 1 fully saturated rings. The first-order valence-corrected chi connectivity index (χ1v) is 8.26. The Bertz CT molecular complexity index is 576. The van der Waals surface area contributed by atoms with Gasteiger partial charge < -0.3 is 15.2 Å². The minimum atomic E-state index is -3.18. The molecule has 0 aromatic heterocycles. The SMILES string of the molecule is CCOc1ccc(CN[C@H]2CS(=O)(=O)C[C@@H]2O)cc1F. The normalized spacial score (nSPS) is 24.8. The molecule has 0 amide bonds. The topological polar surface area (TPSA) is 75.6 Å². The van der Waals surface area contributed by atoms with E-state index in [9.17, 15) is 17.9 Å². The smallest absolute Gasteiger partial charge is 0.165 e. The zero-order valence-corrected chi connectivity index (χ0v) is 12.0. The second-order valence-corrected chi connectivity index (χ2v) is 6.98. The second-order valence-electron chi connectivity index (χ2n) is 4.83. The molecule has 5 nitrogen and oxygen atoms in total. The van der Waals surface area contributed by atoms with E-state index in [4.69, 9.17) is 4.74 Å². The Labute approximate surface area is 117 Å². The van der Waals surface area contributed by atoms with Crippen molar-refractivity contribution in [3.63, 3.8) is 0 Å². The molecule has 1 saturated heterocycles. The summed E-state index contributed by atoms with van der Waals surface area (Å²) in [6, 6.07) is 4.08. The van der Waals surface area contributed by atoms with Crippen LogP contribution >= 0.6 is 0 Å². The molecule has 1 aromatic carbocycles. The van der Waals surface area contributed by atoms with Crippen molar-refractivity contribution < 1.29 is 22.7 Å². The van der Waals surface area contributed by atoms with Gasteiger partial charge in [0.1, 0.15) is 0 Å². The number of hydrogen-bond acceptors (Lipinski definition) is 5. The van der Waals surface area contributed by atoms with Gasteiger partial charge in [-0.2, -0.15) is 0 Å². The van der Waals surface area contributed by atoms with Crippen molar-refractivity contribution >= 4 is 9.84 Å². The average Bonchev–Trinajstić information content (AvgIpc) is 2.63. The summed E-state index contributed by atoms with van der Waals surface area (Å²) in [5, 5.41) is 12.6. The van der Waals surface area contributed by atoms with E-state index in [2.05, 4.69) is 5.32 Å². The number of hydrogen-bond donors (Lipinski definition) is 2. The summed E-state index contributed by atoms with van der Waals surface area (Å²) >= 11 is 0. The number of nitrogens with one attached hydrogen (secondary N) is 1. The molecule has 0 aliphatic carbocycles. The van der Waals surface area contributed by atoms with Crippen molar-refractivity contribution in [1.82, 2.24) is 5.32 Å². The van der Waals surface area contributed by atoms with Crippen LogP contribution in [0.15, 0.2) is 18.2 Å². The summed E-state index contributed by atoms with van der Waals surface area (Å²) in [7, 11) is -3.18. The van der Waals surface area contributed by atoms with Gasteiger partial charge in [-0.1, -0.05) is 6.07 Å². The van der Waals surface area contributed by atoms with Crippen molar-refractivity contribution in [3.8, 4) is 5.75 Å². The van der Waals surface area contributed by atoms with E-state index in [1.165, 1.54) is 12.1 Å². The maximum absolute atomic E-state index is 13.6. The van der Waals surface area contributed by atoms with Crippen LogP contribution in [0, 0.1) is 5.82 Å². The van der Waals surface area contributed by atoms with E-state index in [1.807, 2.05) is 0 Å². The molecule has 0 spiro atoms. The molecule has 2 atom stereocenters. The van der Waals surface area contributed by atoms with Gasteiger partial charge in [-0.3, -0.25) is 0 Å². The van der Waals surface area contributed by atoms with E-state index in [-0.39, 0.29) is 17.3 Å². The quantitative estimate of drug-likeness (QED) is 0.827. The maximum Gasteiger partial charge on any atom is 0.165 e. The zero-order chi connectivity index (χ0) is 14.8. The van der Waals surface area contributed by atoms with Gasteiger partial charge in [0.05, 0.1) is 24.2 Å². The van der Waals surface area contributed by atoms with E-state index in [1.54, 1.807) is 13.0 Å². The first kappa shape index (κ1) is 15.2.